The van der Waals surface area contributed by atoms with Gasteiger partial charge in [0.25, 0.3) is 0 Å². The van der Waals surface area contributed by atoms with Gasteiger partial charge >= 0.3 is 5.97 Å². The van der Waals surface area contributed by atoms with Gasteiger partial charge in [-0.25, -0.2) is 4.98 Å². The molecule has 3 aromatic rings. The van der Waals surface area contributed by atoms with Crippen molar-refractivity contribution in [2.45, 2.75) is 6.42 Å². The van der Waals surface area contributed by atoms with Gasteiger partial charge in [-0.2, -0.15) is 0 Å². The minimum absolute atomic E-state index is 0. The van der Waals surface area contributed by atoms with E-state index in [-0.39, 0.29) is 18.3 Å². The number of benzene rings is 2. The SMILES string of the molecule is COc1ccc2nc(-c3cc(N4CCC(C(=O)O)C4)ccc3Cl)[nH]c2c1.Cl. The third-order valence-corrected chi connectivity index (χ3v) is 5.13. The molecule has 0 aliphatic carbocycles. The molecule has 2 aromatic carbocycles. The molecule has 6 nitrogen and oxygen atoms in total. The maximum atomic E-state index is 11.2. The lowest BCUT2D eigenvalue weighted by Gasteiger charge is -2.19. The molecule has 1 aliphatic heterocycles. The number of ether oxygens (including phenoxy) is 1. The number of carboxylic acids is 1. The van der Waals surface area contributed by atoms with Gasteiger partial charge in [0.2, 0.25) is 0 Å². The molecule has 1 aliphatic rings. The Labute approximate surface area is 167 Å². The molecule has 1 atom stereocenters. The van der Waals surface area contributed by atoms with E-state index in [1.54, 1.807) is 7.11 Å². The molecule has 2 heterocycles. The van der Waals surface area contributed by atoms with Crippen LogP contribution in [0.4, 0.5) is 5.69 Å². The van der Waals surface area contributed by atoms with Crippen LogP contribution >= 0.6 is 24.0 Å². The van der Waals surface area contributed by atoms with E-state index in [9.17, 15) is 9.90 Å². The first-order chi connectivity index (χ1) is 12.5. The van der Waals surface area contributed by atoms with Gasteiger partial charge in [-0.05, 0) is 36.8 Å². The highest BCUT2D eigenvalue weighted by atomic mass is 35.5. The van der Waals surface area contributed by atoms with Crippen LogP contribution in [0.2, 0.25) is 5.02 Å². The lowest BCUT2D eigenvalue weighted by atomic mass is 10.1. The smallest absolute Gasteiger partial charge is 0.308 e. The van der Waals surface area contributed by atoms with Crippen LogP contribution in [0.1, 0.15) is 6.42 Å². The molecule has 0 bridgehead atoms. The van der Waals surface area contributed by atoms with E-state index >= 15 is 0 Å². The number of methoxy groups -OCH3 is 1. The summed E-state index contributed by atoms with van der Waals surface area (Å²) < 4.78 is 5.25. The van der Waals surface area contributed by atoms with Crippen molar-refractivity contribution >= 4 is 46.7 Å². The molecule has 1 fully saturated rings. The van der Waals surface area contributed by atoms with E-state index in [0.717, 1.165) is 34.6 Å². The molecular formula is C19H19Cl2N3O3. The number of carboxylic acid groups (broad SMARTS) is 1. The van der Waals surface area contributed by atoms with E-state index in [4.69, 9.17) is 16.3 Å². The molecule has 4 rings (SSSR count). The number of H-pyrrole nitrogens is 1. The average molecular weight is 408 g/mol. The number of hydrogen-bond donors (Lipinski definition) is 2. The molecule has 0 spiro atoms. The van der Waals surface area contributed by atoms with Gasteiger partial charge in [-0.1, -0.05) is 11.6 Å². The van der Waals surface area contributed by atoms with Gasteiger partial charge in [0.05, 0.1) is 29.1 Å². The standard InChI is InChI=1S/C19H18ClN3O3.ClH/c1-26-13-3-5-16-17(9-13)22-18(21-16)14-8-12(2-4-15(14)20)23-7-6-11(10-23)19(24)25;/h2-5,8-9,11H,6-7,10H2,1H3,(H,21,22)(H,24,25);1H. The maximum absolute atomic E-state index is 11.2. The summed E-state index contributed by atoms with van der Waals surface area (Å²) in [6.45, 7) is 1.23. The topological polar surface area (TPSA) is 78.4 Å². The van der Waals surface area contributed by atoms with Crippen molar-refractivity contribution in [1.82, 2.24) is 9.97 Å². The summed E-state index contributed by atoms with van der Waals surface area (Å²) in [6.07, 6.45) is 0.651. The fourth-order valence-corrected chi connectivity index (χ4v) is 3.54. The molecule has 0 saturated carbocycles. The van der Waals surface area contributed by atoms with Crippen molar-refractivity contribution in [2.75, 3.05) is 25.1 Å². The van der Waals surface area contributed by atoms with Gasteiger partial charge in [-0.15, -0.1) is 12.4 Å². The highest BCUT2D eigenvalue weighted by Gasteiger charge is 2.28. The van der Waals surface area contributed by atoms with Crippen molar-refractivity contribution in [2.24, 2.45) is 5.92 Å². The van der Waals surface area contributed by atoms with E-state index in [1.165, 1.54) is 0 Å². The summed E-state index contributed by atoms with van der Waals surface area (Å²) in [5.41, 5.74) is 3.44. The van der Waals surface area contributed by atoms with Crippen LogP contribution in [-0.4, -0.2) is 41.2 Å². The number of hydrogen-bond acceptors (Lipinski definition) is 4. The number of imidazole rings is 1. The average Bonchev–Trinajstić information content (AvgIpc) is 3.28. The van der Waals surface area contributed by atoms with Crippen LogP contribution in [0.5, 0.6) is 5.75 Å². The molecule has 1 saturated heterocycles. The predicted octanol–water partition coefficient (Wildman–Crippen LogP) is 4.22. The molecule has 1 aromatic heterocycles. The minimum atomic E-state index is -0.743. The zero-order valence-electron chi connectivity index (χ0n) is 14.6. The van der Waals surface area contributed by atoms with Crippen LogP contribution in [0.25, 0.3) is 22.4 Å². The van der Waals surface area contributed by atoms with Crippen LogP contribution in [0.15, 0.2) is 36.4 Å². The first-order valence-electron chi connectivity index (χ1n) is 8.36. The lowest BCUT2D eigenvalue weighted by Crippen LogP contribution is -2.22. The summed E-state index contributed by atoms with van der Waals surface area (Å²) in [6, 6.07) is 11.4. The monoisotopic (exact) mass is 407 g/mol. The third-order valence-electron chi connectivity index (χ3n) is 4.80. The highest BCUT2D eigenvalue weighted by molar-refractivity contribution is 6.33. The molecule has 0 radical (unpaired) electrons. The van der Waals surface area contributed by atoms with E-state index in [0.29, 0.717) is 23.8 Å². The third kappa shape index (κ3) is 3.68. The van der Waals surface area contributed by atoms with Gasteiger partial charge in [-0.3, -0.25) is 4.79 Å². The predicted molar refractivity (Wildman–Crippen MR) is 108 cm³/mol. The molecule has 27 heavy (non-hydrogen) atoms. The van der Waals surface area contributed by atoms with E-state index in [1.807, 2.05) is 36.4 Å². The van der Waals surface area contributed by atoms with Crippen molar-refractivity contribution in [3.8, 4) is 17.1 Å². The van der Waals surface area contributed by atoms with Crippen molar-refractivity contribution in [3.63, 3.8) is 0 Å². The second-order valence-electron chi connectivity index (χ2n) is 6.40. The quantitative estimate of drug-likeness (QED) is 0.676. The van der Waals surface area contributed by atoms with Crippen LogP contribution in [-0.2, 0) is 4.79 Å². The number of anilines is 1. The van der Waals surface area contributed by atoms with Gasteiger partial charge in [0.1, 0.15) is 11.6 Å². The zero-order valence-corrected chi connectivity index (χ0v) is 16.2. The molecule has 8 heteroatoms. The molecule has 0 amide bonds. The summed E-state index contributed by atoms with van der Waals surface area (Å²) >= 11 is 6.41. The normalized spacial score (nSPS) is 16.4. The number of nitrogens with zero attached hydrogens (tertiary/aromatic N) is 2. The Morgan fingerprint density at radius 2 is 2.15 bits per heavy atom. The number of aromatic nitrogens is 2. The Hall–Kier alpha value is -2.44. The number of carbonyl (C=O) groups is 1. The zero-order chi connectivity index (χ0) is 18.3. The number of nitrogens with one attached hydrogen (secondary N) is 1. The van der Waals surface area contributed by atoms with Crippen LogP contribution in [0.3, 0.4) is 0 Å². The number of rotatable bonds is 4. The Bertz CT molecular complexity index is 989. The van der Waals surface area contributed by atoms with Crippen LogP contribution < -0.4 is 9.64 Å². The molecule has 142 valence electrons. The van der Waals surface area contributed by atoms with Crippen molar-refractivity contribution in [1.29, 1.82) is 0 Å². The summed E-state index contributed by atoms with van der Waals surface area (Å²) in [5.74, 6) is 0.360. The second-order valence-corrected chi connectivity index (χ2v) is 6.81. The Morgan fingerprint density at radius 3 is 2.85 bits per heavy atom. The maximum Gasteiger partial charge on any atom is 0.308 e. The summed E-state index contributed by atoms with van der Waals surface area (Å²) in [5, 5.41) is 9.80. The number of fused-ring (bicyclic) bond motifs is 1. The van der Waals surface area contributed by atoms with Gasteiger partial charge in [0, 0.05) is 30.4 Å². The number of halogens is 2. The highest BCUT2D eigenvalue weighted by Crippen LogP contribution is 2.34. The minimum Gasteiger partial charge on any atom is -0.497 e. The Kier molecular flexibility index (Phi) is 5.48. The summed E-state index contributed by atoms with van der Waals surface area (Å²) in [7, 11) is 1.62. The Morgan fingerprint density at radius 1 is 1.33 bits per heavy atom. The second kappa shape index (κ2) is 7.66. The Balaban J connectivity index is 0.00000210. The van der Waals surface area contributed by atoms with E-state index < -0.39 is 5.97 Å². The molecular weight excluding hydrogens is 389 g/mol. The largest absolute Gasteiger partial charge is 0.497 e. The van der Waals surface area contributed by atoms with Gasteiger partial charge < -0.3 is 19.7 Å². The number of aliphatic carboxylic acids is 1. The summed E-state index contributed by atoms with van der Waals surface area (Å²) in [4.78, 5) is 21.2. The first kappa shape index (κ1) is 19.3. The fraction of sp³-hybridized carbons (Fsp3) is 0.263. The van der Waals surface area contributed by atoms with Gasteiger partial charge in [0.15, 0.2) is 0 Å². The number of aromatic amines is 1. The van der Waals surface area contributed by atoms with Crippen LogP contribution in [0, 0.1) is 5.92 Å². The first-order valence-corrected chi connectivity index (χ1v) is 8.74. The fourth-order valence-electron chi connectivity index (χ4n) is 3.33. The molecule has 2 N–H and O–H groups in total. The van der Waals surface area contributed by atoms with Crippen molar-refractivity contribution < 1.29 is 14.6 Å². The molecule has 1 unspecified atom stereocenters. The van der Waals surface area contributed by atoms with E-state index in [2.05, 4.69) is 14.9 Å². The lowest BCUT2D eigenvalue weighted by molar-refractivity contribution is -0.140. The van der Waals surface area contributed by atoms with Crippen molar-refractivity contribution in [3.05, 3.63) is 41.4 Å².